The third kappa shape index (κ3) is 5.43. The van der Waals surface area contributed by atoms with E-state index in [9.17, 15) is 14.4 Å². The Morgan fingerprint density at radius 1 is 1.05 bits per heavy atom. The number of nitrogens with one attached hydrogen (secondary N) is 1. The summed E-state index contributed by atoms with van der Waals surface area (Å²) in [5, 5.41) is 4.09. The van der Waals surface area contributed by atoms with E-state index >= 15 is 0 Å². The summed E-state index contributed by atoms with van der Waals surface area (Å²) in [6.07, 6.45) is 4.77. The topological polar surface area (TPSA) is 97.8 Å². The number of nitrogens with zero attached hydrogens (tertiary/aromatic N) is 2. The van der Waals surface area contributed by atoms with Crippen LogP contribution in [-0.4, -0.2) is 54.0 Å². The van der Waals surface area contributed by atoms with Crippen molar-refractivity contribution < 1.29 is 23.9 Å². The summed E-state index contributed by atoms with van der Waals surface area (Å²) in [6, 6.07) is 7.58. The number of esters is 2. The Morgan fingerprint density at radius 3 is 2.62 bits per heavy atom. The second-order valence-electron chi connectivity index (χ2n) is 10.2. The summed E-state index contributed by atoms with van der Waals surface area (Å²) in [6.45, 7) is 6.41. The number of hydrogen-bond donors (Lipinski definition) is 1. The molecule has 1 aromatic carbocycles. The molecular weight excluding hydrogens is 514 g/mol. The molecule has 0 saturated heterocycles. The summed E-state index contributed by atoms with van der Waals surface area (Å²) in [5.74, 6) is -1.43. The minimum absolute atomic E-state index is 0.295. The molecule has 1 aliphatic heterocycles. The van der Waals surface area contributed by atoms with Crippen LogP contribution >= 0.6 is 11.3 Å². The predicted octanol–water partition coefficient (Wildman–Crippen LogP) is 5.30. The van der Waals surface area contributed by atoms with Crippen LogP contribution in [0.4, 0.5) is 5.00 Å². The first-order valence-corrected chi connectivity index (χ1v) is 14.6. The molecule has 0 radical (unpaired) electrons. The van der Waals surface area contributed by atoms with Crippen molar-refractivity contribution in [3.05, 3.63) is 57.1 Å². The highest BCUT2D eigenvalue weighted by atomic mass is 32.1. The van der Waals surface area contributed by atoms with Gasteiger partial charge in [0.15, 0.2) is 6.10 Å². The van der Waals surface area contributed by atoms with Gasteiger partial charge < -0.3 is 14.8 Å². The lowest BCUT2D eigenvalue weighted by Gasteiger charge is -2.30. The van der Waals surface area contributed by atoms with Gasteiger partial charge in [0, 0.05) is 41.0 Å². The van der Waals surface area contributed by atoms with Gasteiger partial charge in [-0.25, -0.2) is 9.59 Å². The average Bonchev–Trinajstić information content (AvgIpc) is 3.31. The first kappa shape index (κ1) is 27.3. The molecule has 1 unspecified atom stereocenters. The van der Waals surface area contributed by atoms with Crippen molar-refractivity contribution in [1.29, 1.82) is 0 Å². The molecule has 3 aromatic rings. The van der Waals surface area contributed by atoms with E-state index in [4.69, 9.17) is 14.5 Å². The highest BCUT2D eigenvalue weighted by Crippen LogP contribution is 2.39. The van der Waals surface area contributed by atoms with E-state index < -0.39 is 23.9 Å². The Labute approximate surface area is 232 Å². The number of rotatable bonds is 8. The quantitative estimate of drug-likeness (QED) is 0.381. The molecule has 2 aromatic heterocycles. The number of amides is 1. The van der Waals surface area contributed by atoms with E-state index in [1.54, 1.807) is 6.92 Å². The molecule has 8 nitrogen and oxygen atoms in total. The molecule has 0 spiro atoms. The number of carbonyl (C=O) groups is 3. The van der Waals surface area contributed by atoms with Crippen LogP contribution in [0.5, 0.6) is 0 Å². The lowest BCUT2D eigenvalue weighted by molar-refractivity contribution is -0.124. The lowest BCUT2D eigenvalue weighted by atomic mass is 9.95. The van der Waals surface area contributed by atoms with Crippen molar-refractivity contribution in [2.75, 3.05) is 25.5 Å². The van der Waals surface area contributed by atoms with E-state index in [1.165, 1.54) is 18.4 Å². The highest BCUT2D eigenvalue weighted by Gasteiger charge is 2.32. The zero-order valence-corrected chi connectivity index (χ0v) is 23.6. The van der Waals surface area contributed by atoms with E-state index in [1.807, 2.05) is 24.3 Å². The molecule has 5 rings (SSSR count). The van der Waals surface area contributed by atoms with E-state index in [2.05, 4.69) is 17.1 Å². The van der Waals surface area contributed by atoms with Crippen LogP contribution in [0.1, 0.15) is 81.9 Å². The monoisotopic (exact) mass is 549 g/mol. The summed E-state index contributed by atoms with van der Waals surface area (Å²) in [4.78, 5) is 48.1. The van der Waals surface area contributed by atoms with Gasteiger partial charge in [0.2, 0.25) is 0 Å². The normalized spacial score (nSPS) is 15.8. The van der Waals surface area contributed by atoms with Gasteiger partial charge in [-0.3, -0.25) is 14.7 Å². The van der Waals surface area contributed by atoms with Gasteiger partial charge in [0.25, 0.3) is 5.91 Å². The van der Waals surface area contributed by atoms with Crippen LogP contribution in [-0.2, 0) is 40.1 Å². The number of thiophene rings is 1. The van der Waals surface area contributed by atoms with Crippen molar-refractivity contribution in [2.24, 2.45) is 0 Å². The Balaban J connectivity index is 1.43. The maximum atomic E-state index is 13.8. The lowest BCUT2D eigenvalue weighted by Crippen LogP contribution is -2.35. The fourth-order valence-electron chi connectivity index (χ4n) is 5.66. The minimum atomic E-state index is -1.01. The maximum absolute atomic E-state index is 13.8. The van der Waals surface area contributed by atoms with E-state index in [0.717, 1.165) is 84.2 Å². The van der Waals surface area contributed by atoms with Gasteiger partial charge in [-0.2, -0.15) is 0 Å². The number of carbonyl (C=O) groups excluding carboxylic acids is 3. The Bertz CT molecular complexity index is 1420. The van der Waals surface area contributed by atoms with Gasteiger partial charge in [-0.1, -0.05) is 32.0 Å². The molecule has 1 N–H and O–H groups in total. The van der Waals surface area contributed by atoms with Gasteiger partial charge in [0.05, 0.1) is 23.8 Å². The van der Waals surface area contributed by atoms with Crippen molar-refractivity contribution in [3.8, 4) is 0 Å². The second kappa shape index (κ2) is 11.8. The predicted molar refractivity (Wildman–Crippen MR) is 151 cm³/mol. The number of ether oxygens (including phenoxy) is 2. The smallest absolute Gasteiger partial charge is 0.341 e. The SMILES string of the molecule is CCCN1CCc2nc3ccccc3c(C(=O)OC(CC)C(=O)Nc3sc4c(c3C(=O)OC)CCCC4)c2C1. The number of anilines is 1. The molecule has 1 atom stereocenters. The van der Waals surface area contributed by atoms with E-state index in [0.29, 0.717) is 29.1 Å². The molecule has 206 valence electrons. The van der Waals surface area contributed by atoms with Gasteiger partial charge in [-0.15, -0.1) is 11.3 Å². The molecule has 1 amide bonds. The molecule has 39 heavy (non-hydrogen) atoms. The van der Waals surface area contributed by atoms with Crippen LogP contribution in [0.15, 0.2) is 24.3 Å². The van der Waals surface area contributed by atoms with Crippen LogP contribution in [0.25, 0.3) is 10.9 Å². The van der Waals surface area contributed by atoms with Gasteiger partial charge in [0.1, 0.15) is 5.00 Å². The first-order chi connectivity index (χ1) is 18.9. The molecule has 0 bridgehead atoms. The number of aromatic nitrogens is 1. The Morgan fingerprint density at radius 2 is 1.85 bits per heavy atom. The third-order valence-electron chi connectivity index (χ3n) is 7.58. The molecule has 3 heterocycles. The van der Waals surface area contributed by atoms with Crippen LogP contribution in [0.2, 0.25) is 0 Å². The van der Waals surface area contributed by atoms with Crippen LogP contribution in [0.3, 0.4) is 0 Å². The Hall–Kier alpha value is -3.30. The van der Waals surface area contributed by atoms with Crippen molar-refractivity contribution in [3.63, 3.8) is 0 Å². The fraction of sp³-hybridized carbons (Fsp3) is 0.467. The number of hydrogen-bond acceptors (Lipinski definition) is 8. The summed E-state index contributed by atoms with van der Waals surface area (Å²) < 4.78 is 10.9. The fourth-order valence-corrected chi connectivity index (χ4v) is 6.94. The number of methoxy groups -OCH3 is 1. The summed E-state index contributed by atoms with van der Waals surface area (Å²) in [5.41, 5.74) is 4.42. The average molecular weight is 550 g/mol. The second-order valence-corrected chi connectivity index (χ2v) is 11.3. The molecular formula is C30H35N3O5S. The van der Waals surface area contributed by atoms with Crippen LogP contribution < -0.4 is 5.32 Å². The summed E-state index contributed by atoms with van der Waals surface area (Å²) in [7, 11) is 1.35. The highest BCUT2D eigenvalue weighted by molar-refractivity contribution is 7.17. The molecule has 0 saturated carbocycles. The van der Waals surface area contributed by atoms with Gasteiger partial charge in [-0.05, 0) is 56.7 Å². The third-order valence-corrected chi connectivity index (χ3v) is 8.79. The molecule has 1 aliphatic carbocycles. The molecule has 2 aliphatic rings. The van der Waals surface area contributed by atoms with Crippen molar-refractivity contribution >= 4 is 45.1 Å². The van der Waals surface area contributed by atoms with Crippen molar-refractivity contribution in [2.45, 2.75) is 71.4 Å². The maximum Gasteiger partial charge on any atom is 0.341 e. The Kier molecular flexibility index (Phi) is 8.28. The zero-order valence-electron chi connectivity index (χ0n) is 22.8. The van der Waals surface area contributed by atoms with Crippen molar-refractivity contribution in [1.82, 2.24) is 9.88 Å². The molecule has 9 heteroatoms. The number of para-hydroxylation sites is 1. The zero-order chi connectivity index (χ0) is 27.5. The minimum Gasteiger partial charge on any atom is -0.465 e. The first-order valence-electron chi connectivity index (χ1n) is 13.8. The number of fused-ring (bicyclic) bond motifs is 3. The number of aryl methyl sites for hydroxylation is 1. The number of benzene rings is 1. The van der Waals surface area contributed by atoms with Crippen LogP contribution in [0, 0.1) is 0 Å². The largest absolute Gasteiger partial charge is 0.465 e. The van der Waals surface area contributed by atoms with E-state index in [-0.39, 0.29) is 0 Å². The summed E-state index contributed by atoms with van der Waals surface area (Å²) >= 11 is 1.42. The van der Waals surface area contributed by atoms with Gasteiger partial charge >= 0.3 is 11.9 Å². The number of pyridine rings is 1. The standard InChI is InChI=1S/C30H35N3O5S/c1-4-15-33-16-14-22-20(17-33)25(18-10-6-8-12-21(18)31-22)30(36)38-23(5-2)27(34)32-28-26(29(35)37-3)19-11-7-9-13-24(19)39-28/h6,8,10,12,23H,4-5,7,9,11,13-17H2,1-3H3,(H,32,34). The molecule has 0 fully saturated rings.